The third kappa shape index (κ3) is 2.18. The van der Waals surface area contributed by atoms with Crippen LogP contribution in [0.2, 0.25) is 0 Å². The molecule has 1 heterocycles. The van der Waals surface area contributed by atoms with E-state index in [1.807, 2.05) is 0 Å². The number of hydrogen-bond donors (Lipinski definition) is 1. The van der Waals surface area contributed by atoms with Crippen molar-refractivity contribution in [2.75, 3.05) is 19.8 Å². The number of nitrogens with one attached hydrogen (secondary N) is 1. The normalized spacial score (nSPS) is 18.5. The Morgan fingerprint density at radius 2 is 1.52 bits per heavy atom. The first-order valence-corrected chi connectivity index (χ1v) is 7.89. The molecule has 1 saturated heterocycles. The second-order valence-corrected chi connectivity index (χ2v) is 6.09. The number of benzene rings is 4. The molecule has 1 N–H and O–H groups in total. The summed E-state index contributed by atoms with van der Waals surface area (Å²) in [6.07, 6.45) is 0. The van der Waals surface area contributed by atoms with Gasteiger partial charge in [-0.1, -0.05) is 54.6 Å². The van der Waals surface area contributed by atoms with Crippen molar-refractivity contribution < 1.29 is 4.74 Å². The van der Waals surface area contributed by atoms with Gasteiger partial charge in [-0.05, 0) is 37.9 Å². The molecule has 2 nitrogen and oxygen atoms in total. The molecule has 4 aromatic carbocycles. The van der Waals surface area contributed by atoms with Crippen molar-refractivity contribution in [2.24, 2.45) is 0 Å². The molecule has 1 atom stereocenters. The highest BCUT2D eigenvalue weighted by Crippen LogP contribution is 2.37. The Balaban J connectivity index is 0.00000135. The van der Waals surface area contributed by atoms with Gasteiger partial charge in [-0.15, -0.1) is 12.4 Å². The van der Waals surface area contributed by atoms with Gasteiger partial charge in [0.1, 0.15) is 0 Å². The van der Waals surface area contributed by atoms with Gasteiger partial charge in [0.05, 0.1) is 19.3 Å². The van der Waals surface area contributed by atoms with Gasteiger partial charge in [0.25, 0.3) is 0 Å². The van der Waals surface area contributed by atoms with Gasteiger partial charge in [0.15, 0.2) is 0 Å². The molecular formula is C20H18ClNO. The number of ether oxygens (including phenoxy) is 1. The number of rotatable bonds is 1. The monoisotopic (exact) mass is 323 g/mol. The van der Waals surface area contributed by atoms with Crippen molar-refractivity contribution >= 4 is 44.7 Å². The second kappa shape index (κ2) is 5.64. The number of hydrogen-bond acceptors (Lipinski definition) is 2. The molecule has 1 fully saturated rings. The van der Waals surface area contributed by atoms with Gasteiger partial charge in [-0.3, -0.25) is 0 Å². The van der Waals surface area contributed by atoms with Gasteiger partial charge in [-0.25, -0.2) is 0 Å². The van der Waals surface area contributed by atoms with Gasteiger partial charge in [-0.2, -0.15) is 0 Å². The van der Waals surface area contributed by atoms with Crippen LogP contribution in [0.4, 0.5) is 0 Å². The molecule has 0 bridgehead atoms. The summed E-state index contributed by atoms with van der Waals surface area (Å²) in [6.45, 7) is 2.49. The summed E-state index contributed by atoms with van der Waals surface area (Å²) in [5, 5.41) is 11.7. The van der Waals surface area contributed by atoms with Crippen LogP contribution in [0.15, 0.2) is 54.6 Å². The van der Waals surface area contributed by atoms with Crippen molar-refractivity contribution in [1.29, 1.82) is 0 Å². The van der Waals surface area contributed by atoms with Gasteiger partial charge < -0.3 is 10.1 Å². The first-order chi connectivity index (χ1) is 10.9. The zero-order chi connectivity index (χ0) is 14.5. The van der Waals surface area contributed by atoms with Crippen molar-refractivity contribution in [3.8, 4) is 0 Å². The van der Waals surface area contributed by atoms with Crippen LogP contribution in [0.5, 0.6) is 0 Å². The van der Waals surface area contributed by atoms with E-state index in [9.17, 15) is 0 Å². The molecule has 5 rings (SSSR count). The maximum atomic E-state index is 5.66. The molecule has 0 saturated carbocycles. The average Bonchev–Trinajstić information content (AvgIpc) is 2.60. The van der Waals surface area contributed by atoms with E-state index in [0.717, 1.165) is 19.8 Å². The first-order valence-electron chi connectivity index (χ1n) is 7.89. The zero-order valence-corrected chi connectivity index (χ0v) is 13.5. The largest absolute Gasteiger partial charge is 0.378 e. The Morgan fingerprint density at radius 1 is 0.826 bits per heavy atom. The van der Waals surface area contributed by atoms with Crippen molar-refractivity contribution in [2.45, 2.75) is 6.04 Å². The van der Waals surface area contributed by atoms with Crippen LogP contribution in [0.25, 0.3) is 32.3 Å². The Kier molecular flexibility index (Phi) is 3.61. The molecule has 0 amide bonds. The quantitative estimate of drug-likeness (QED) is 0.514. The van der Waals surface area contributed by atoms with Gasteiger partial charge in [0, 0.05) is 6.54 Å². The lowest BCUT2D eigenvalue weighted by Gasteiger charge is -2.26. The van der Waals surface area contributed by atoms with Gasteiger partial charge in [0.2, 0.25) is 0 Å². The maximum absolute atomic E-state index is 5.66. The molecule has 0 aromatic heterocycles. The predicted molar refractivity (Wildman–Crippen MR) is 99.0 cm³/mol. The van der Waals surface area contributed by atoms with E-state index in [4.69, 9.17) is 4.74 Å². The van der Waals surface area contributed by atoms with E-state index in [2.05, 4.69) is 59.9 Å². The fraction of sp³-hybridized carbons (Fsp3) is 0.200. The minimum Gasteiger partial charge on any atom is -0.378 e. The van der Waals surface area contributed by atoms with E-state index in [-0.39, 0.29) is 12.4 Å². The third-order valence-corrected chi connectivity index (χ3v) is 4.86. The first kappa shape index (κ1) is 14.7. The van der Waals surface area contributed by atoms with E-state index < -0.39 is 0 Å². The van der Waals surface area contributed by atoms with Crippen LogP contribution in [-0.4, -0.2) is 19.8 Å². The Morgan fingerprint density at radius 3 is 2.26 bits per heavy atom. The van der Waals surface area contributed by atoms with Crippen LogP contribution in [0.1, 0.15) is 11.6 Å². The topological polar surface area (TPSA) is 21.3 Å². The molecule has 0 radical (unpaired) electrons. The maximum Gasteiger partial charge on any atom is 0.0662 e. The molecule has 1 aliphatic rings. The highest BCUT2D eigenvalue weighted by molar-refractivity contribution is 6.23. The van der Waals surface area contributed by atoms with Crippen LogP contribution >= 0.6 is 12.4 Å². The van der Waals surface area contributed by atoms with Crippen LogP contribution in [0, 0.1) is 0 Å². The van der Waals surface area contributed by atoms with E-state index in [0.29, 0.717) is 6.04 Å². The minimum absolute atomic E-state index is 0. The van der Waals surface area contributed by atoms with E-state index in [1.54, 1.807) is 0 Å². The van der Waals surface area contributed by atoms with Crippen molar-refractivity contribution in [1.82, 2.24) is 5.32 Å². The van der Waals surface area contributed by atoms with Crippen molar-refractivity contribution in [3.05, 3.63) is 60.2 Å². The predicted octanol–water partition coefficient (Wildman–Crippen LogP) is 4.67. The molecule has 1 aliphatic heterocycles. The summed E-state index contributed by atoms with van der Waals surface area (Å²) in [5.74, 6) is 0. The third-order valence-electron chi connectivity index (χ3n) is 4.86. The molecule has 3 heteroatoms. The highest BCUT2D eigenvalue weighted by atomic mass is 35.5. The number of morpholine rings is 1. The summed E-state index contributed by atoms with van der Waals surface area (Å²) in [6, 6.07) is 20.3. The van der Waals surface area contributed by atoms with Gasteiger partial charge >= 0.3 is 0 Å². The summed E-state index contributed by atoms with van der Waals surface area (Å²) in [4.78, 5) is 0. The Labute approximate surface area is 141 Å². The average molecular weight is 324 g/mol. The Bertz CT molecular complexity index is 959. The lowest BCUT2D eigenvalue weighted by atomic mass is 9.90. The molecular weight excluding hydrogens is 306 g/mol. The number of halogens is 1. The molecule has 0 unspecified atom stereocenters. The highest BCUT2D eigenvalue weighted by Gasteiger charge is 2.19. The summed E-state index contributed by atoms with van der Waals surface area (Å²) in [7, 11) is 0. The summed E-state index contributed by atoms with van der Waals surface area (Å²) in [5.41, 5.74) is 1.35. The van der Waals surface area contributed by atoms with Crippen molar-refractivity contribution in [3.63, 3.8) is 0 Å². The minimum atomic E-state index is 0. The fourth-order valence-electron chi connectivity index (χ4n) is 3.83. The second-order valence-electron chi connectivity index (χ2n) is 6.09. The summed E-state index contributed by atoms with van der Waals surface area (Å²) >= 11 is 0. The van der Waals surface area contributed by atoms with Crippen LogP contribution in [-0.2, 0) is 4.74 Å². The Hall–Kier alpha value is -1.87. The van der Waals surface area contributed by atoms with Crippen LogP contribution < -0.4 is 5.32 Å². The molecule has 0 aliphatic carbocycles. The lowest BCUT2D eigenvalue weighted by Crippen LogP contribution is -2.34. The molecule has 116 valence electrons. The van der Waals surface area contributed by atoms with E-state index in [1.165, 1.54) is 37.9 Å². The fourth-order valence-corrected chi connectivity index (χ4v) is 3.83. The lowest BCUT2D eigenvalue weighted by molar-refractivity contribution is 0.0773. The molecule has 0 spiro atoms. The molecule has 23 heavy (non-hydrogen) atoms. The summed E-state index contributed by atoms with van der Waals surface area (Å²) < 4.78 is 5.66. The van der Waals surface area contributed by atoms with Crippen LogP contribution in [0.3, 0.4) is 0 Å². The SMILES string of the molecule is Cl.c1cc2ccc3ccc([C@@H]4COCCN4)c4ccc(c1)c2c34. The smallest absolute Gasteiger partial charge is 0.0662 e. The zero-order valence-electron chi connectivity index (χ0n) is 12.7. The van der Waals surface area contributed by atoms with E-state index >= 15 is 0 Å². The molecule has 4 aromatic rings. The standard InChI is InChI=1S/C20H17NO.ClH/c1-2-13-4-5-15-6-8-16(18-12-22-11-10-21-18)17-9-7-14(3-1)19(13)20(15)17;/h1-9,18,21H,10-12H2;1H/t18-;/m0./s1.